The fourth-order valence-corrected chi connectivity index (χ4v) is 2.74. The second kappa shape index (κ2) is 8.76. The molecule has 24 heavy (non-hydrogen) atoms. The van der Waals surface area contributed by atoms with Crippen LogP contribution in [-0.4, -0.2) is 22.8 Å². The molecule has 0 spiro atoms. The second-order valence-electron chi connectivity index (χ2n) is 5.11. The van der Waals surface area contributed by atoms with Crippen LogP contribution in [0, 0.1) is 11.3 Å². The van der Waals surface area contributed by atoms with Crippen LogP contribution in [0.2, 0.25) is 5.02 Å². The summed E-state index contributed by atoms with van der Waals surface area (Å²) in [5.74, 6) is 0.567. The highest BCUT2D eigenvalue weighted by Gasteiger charge is 2.17. The smallest absolute Gasteiger partial charge is 0.270 e. The van der Waals surface area contributed by atoms with Crippen molar-refractivity contribution in [3.63, 3.8) is 0 Å². The van der Waals surface area contributed by atoms with Crippen molar-refractivity contribution in [3.8, 4) is 23.1 Å². The number of H-pyrrole nitrogens is 1. The Morgan fingerprint density at radius 2 is 2.21 bits per heavy atom. The van der Waals surface area contributed by atoms with Crippen LogP contribution in [0.5, 0.6) is 5.75 Å². The molecular formula is C17H18ClN3O2S. The minimum absolute atomic E-state index is 0.0477. The van der Waals surface area contributed by atoms with E-state index in [2.05, 4.69) is 16.9 Å². The van der Waals surface area contributed by atoms with E-state index in [4.69, 9.17) is 16.3 Å². The van der Waals surface area contributed by atoms with Crippen molar-refractivity contribution in [2.24, 2.45) is 0 Å². The van der Waals surface area contributed by atoms with Crippen molar-refractivity contribution in [1.29, 1.82) is 5.26 Å². The molecule has 0 aliphatic heterocycles. The first kappa shape index (κ1) is 18.4. The number of nitrogens with one attached hydrogen (secondary N) is 1. The lowest BCUT2D eigenvalue weighted by atomic mass is 10.1. The molecule has 0 fully saturated rings. The van der Waals surface area contributed by atoms with Crippen LogP contribution in [0.25, 0.3) is 11.3 Å². The van der Waals surface area contributed by atoms with E-state index in [-0.39, 0.29) is 5.56 Å². The Hall–Kier alpha value is -1.97. The van der Waals surface area contributed by atoms with Crippen LogP contribution >= 0.6 is 23.4 Å². The largest absolute Gasteiger partial charge is 0.493 e. The number of ether oxygens (including phenoxy) is 1. The number of unbranched alkanes of at least 4 members (excludes halogenated alkanes) is 2. The van der Waals surface area contributed by atoms with Gasteiger partial charge in [-0.15, -0.1) is 0 Å². The predicted octanol–water partition coefficient (Wildman–Crippen LogP) is 4.25. The quantitative estimate of drug-likeness (QED) is 0.452. The zero-order valence-electron chi connectivity index (χ0n) is 13.6. The van der Waals surface area contributed by atoms with Gasteiger partial charge in [0.25, 0.3) is 5.56 Å². The number of aromatic nitrogens is 2. The van der Waals surface area contributed by atoms with Gasteiger partial charge in [0.15, 0.2) is 5.16 Å². The first-order valence-corrected chi connectivity index (χ1v) is 9.22. The molecule has 7 heteroatoms. The third-order valence-electron chi connectivity index (χ3n) is 3.41. The van der Waals surface area contributed by atoms with Crippen molar-refractivity contribution >= 4 is 23.4 Å². The number of rotatable bonds is 7. The number of aromatic amines is 1. The zero-order valence-corrected chi connectivity index (χ0v) is 15.1. The number of nitriles is 1. The van der Waals surface area contributed by atoms with Crippen molar-refractivity contribution < 1.29 is 4.74 Å². The molecule has 0 aliphatic carbocycles. The van der Waals surface area contributed by atoms with Gasteiger partial charge in [-0.25, -0.2) is 4.98 Å². The summed E-state index contributed by atoms with van der Waals surface area (Å²) >= 11 is 7.40. The van der Waals surface area contributed by atoms with E-state index in [1.54, 1.807) is 24.5 Å². The van der Waals surface area contributed by atoms with Crippen LogP contribution in [0.1, 0.15) is 31.7 Å². The Kier molecular flexibility index (Phi) is 6.71. The lowest BCUT2D eigenvalue weighted by molar-refractivity contribution is 0.307. The standard InChI is InChI=1S/C17H18ClN3O2S/c1-3-4-5-8-23-14-7-6-11(18)9-12(14)15-13(10-19)16(22)21-17(20-15)24-2/h6-7,9H,3-5,8H2,1-2H3,(H,20,21,22). The first-order valence-electron chi connectivity index (χ1n) is 7.61. The van der Waals surface area contributed by atoms with Crippen LogP contribution in [0.15, 0.2) is 28.2 Å². The number of hydrogen-bond donors (Lipinski definition) is 1. The van der Waals surface area contributed by atoms with Crippen molar-refractivity contribution in [2.45, 2.75) is 31.3 Å². The van der Waals surface area contributed by atoms with Crippen LogP contribution in [-0.2, 0) is 0 Å². The van der Waals surface area contributed by atoms with Gasteiger partial charge in [-0.3, -0.25) is 4.79 Å². The predicted molar refractivity (Wildman–Crippen MR) is 96.8 cm³/mol. The van der Waals surface area contributed by atoms with Gasteiger partial charge in [-0.05, 0) is 30.9 Å². The molecule has 5 nitrogen and oxygen atoms in total. The summed E-state index contributed by atoms with van der Waals surface area (Å²) in [6, 6.07) is 7.05. The Labute approximate surface area is 150 Å². The molecule has 0 bridgehead atoms. The number of halogens is 1. The second-order valence-corrected chi connectivity index (χ2v) is 6.34. The fraction of sp³-hybridized carbons (Fsp3) is 0.353. The van der Waals surface area contributed by atoms with Crippen molar-refractivity contribution in [1.82, 2.24) is 9.97 Å². The zero-order chi connectivity index (χ0) is 17.5. The summed E-state index contributed by atoms with van der Waals surface area (Å²) in [5, 5.41) is 10.3. The molecule has 0 radical (unpaired) electrons. The lowest BCUT2D eigenvalue weighted by Gasteiger charge is -2.13. The molecule has 0 amide bonds. The van der Waals surface area contributed by atoms with Gasteiger partial charge in [0.1, 0.15) is 23.1 Å². The van der Waals surface area contributed by atoms with Crippen LogP contribution < -0.4 is 10.3 Å². The van der Waals surface area contributed by atoms with Gasteiger partial charge in [-0.2, -0.15) is 5.26 Å². The summed E-state index contributed by atoms with van der Waals surface area (Å²) in [4.78, 5) is 19.1. The molecule has 2 aromatic rings. The van der Waals surface area contributed by atoms with Crippen LogP contribution in [0.4, 0.5) is 0 Å². The fourth-order valence-electron chi connectivity index (χ4n) is 2.20. The molecule has 0 aliphatic rings. The minimum Gasteiger partial charge on any atom is -0.493 e. The van der Waals surface area contributed by atoms with Gasteiger partial charge in [0, 0.05) is 10.6 Å². The molecule has 0 saturated carbocycles. The average molecular weight is 364 g/mol. The maximum atomic E-state index is 12.1. The Morgan fingerprint density at radius 3 is 2.88 bits per heavy atom. The number of nitrogens with zero attached hydrogens (tertiary/aromatic N) is 2. The maximum absolute atomic E-state index is 12.1. The molecule has 1 N–H and O–H groups in total. The van der Waals surface area contributed by atoms with Gasteiger partial charge in [-0.1, -0.05) is 43.1 Å². The van der Waals surface area contributed by atoms with Crippen molar-refractivity contribution in [2.75, 3.05) is 12.9 Å². The minimum atomic E-state index is -0.469. The summed E-state index contributed by atoms with van der Waals surface area (Å²) in [7, 11) is 0. The first-order chi connectivity index (χ1) is 11.6. The average Bonchev–Trinajstić information content (AvgIpc) is 2.59. The summed E-state index contributed by atoms with van der Waals surface area (Å²) in [5.41, 5.74) is 0.327. The van der Waals surface area contributed by atoms with Crippen LogP contribution in [0.3, 0.4) is 0 Å². The molecule has 1 aromatic carbocycles. The highest BCUT2D eigenvalue weighted by atomic mass is 35.5. The highest BCUT2D eigenvalue weighted by molar-refractivity contribution is 7.98. The number of thioether (sulfide) groups is 1. The van der Waals surface area contributed by atoms with Gasteiger partial charge < -0.3 is 9.72 Å². The molecule has 0 unspecified atom stereocenters. The van der Waals surface area contributed by atoms with E-state index >= 15 is 0 Å². The molecular weight excluding hydrogens is 346 g/mol. The SMILES string of the molecule is CCCCCOc1ccc(Cl)cc1-c1nc(SC)[nH]c(=O)c1C#N. The molecule has 0 saturated heterocycles. The maximum Gasteiger partial charge on any atom is 0.270 e. The molecule has 2 rings (SSSR count). The summed E-state index contributed by atoms with van der Waals surface area (Å²) < 4.78 is 5.83. The molecule has 0 atom stereocenters. The Morgan fingerprint density at radius 1 is 1.42 bits per heavy atom. The Balaban J connectivity index is 2.51. The number of benzene rings is 1. The highest BCUT2D eigenvalue weighted by Crippen LogP contribution is 2.33. The van der Waals surface area contributed by atoms with E-state index in [9.17, 15) is 10.1 Å². The van der Waals surface area contributed by atoms with E-state index in [1.165, 1.54) is 11.8 Å². The van der Waals surface area contributed by atoms with Gasteiger partial charge in [0.2, 0.25) is 0 Å². The van der Waals surface area contributed by atoms with Crippen molar-refractivity contribution in [3.05, 3.63) is 39.1 Å². The lowest BCUT2D eigenvalue weighted by Crippen LogP contribution is -2.15. The molecule has 1 aromatic heterocycles. The Bertz CT molecular complexity index is 814. The third kappa shape index (κ3) is 4.31. The van der Waals surface area contributed by atoms with E-state index in [0.29, 0.717) is 33.8 Å². The number of hydrogen-bond acceptors (Lipinski definition) is 5. The topological polar surface area (TPSA) is 78.8 Å². The van der Waals surface area contributed by atoms with Gasteiger partial charge in [0.05, 0.1) is 6.61 Å². The van der Waals surface area contributed by atoms with E-state index in [1.807, 2.05) is 6.07 Å². The van der Waals surface area contributed by atoms with E-state index < -0.39 is 5.56 Å². The van der Waals surface area contributed by atoms with E-state index in [0.717, 1.165) is 19.3 Å². The summed E-state index contributed by atoms with van der Waals surface area (Å²) in [6.07, 6.45) is 4.91. The normalized spacial score (nSPS) is 10.4. The summed E-state index contributed by atoms with van der Waals surface area (Å²) in [6.45, 7) is 2.68. The molecule has 1 heterocycles. The van der Waals surface area contributed by atoms with Gasteiger partial charge >= 0.3 is 0 Å². The monoisotopic (exact) mass is 363 g/mol. The molecule has 126 valence electrons. The third-order valence-corrected chi connectivity index (χ3v) is 4.22.